The van der Waals surface area contributed by atoms with Crippen molar-refractivity contribution >= 4 is 29.2 Å². The summed E-state index contributed by atoms with van der Waals surface area (Å²) in [4.78, 5) is 37.4. The predicted molar refractivity (Wildman–Crippen MR) is 94.3 cm³/mol. The van der Waals surface area contributed by atoms with Gasteiger partial charge in [0.05, 0.1) is 17.3 Å². The van der Waals surface area contributed by atoms with E-state index in [9.17, 15) is 14.4 Å². The summed E-state index contributed by atoms with van der Waals surface area (Å²) in [6.07, 6.45) is 0.222. The van der Waals surface area contributed by atoms with Crippen molar-refractivity contribution in [1.29, 1.82) is 0 Å². The minimum absolute atomic E-state index is 0.0472. The normalized spacial score (nSPS) is 16.6. The molecule has 128 valence electrons. The first-order chi connectivity index (χ1) is 12.0. The molecule has 1 saturated heterocycles. The monoisotopic (exact) mass is 338 g/mol. The van der Waals surface area contributed by atoms with Crippen LogP contribution in [0.4, 0.5) is 16.2 Å². The molecule has 3 rings (SSSR count). The summed E-state index contributed by atoms with van der Waals surface area (Å²) in [6.45, 7) is 0.397. The van der Waals surface area contributed by atoms with Gasteiger partial charge in [0, 0.05) is 18.7 Å². The van der Waals surface area contributed by atoms with Gasteiger partial charge in [-0.1, -0.05) is 30.3 Å². The third kappa shape index (κ3) is 3.77. The molecular formula is C18H18N4O3. The van der Waals surface area contributed by atoms with Crippen LogP contribution >= 0.6 is 0 Å². The van der Waals surface area contributed by atoms with E-state index < -0.39 is 11.9 Å². The topological polar surface area (TPSA) is 105 Å². The number of benzene rings is 2. The van der Waals surface area contributed by atoms with Gasteiger partial charge in [0.15, 0.2) is 0 Å². The van der Waals surface area contributed by atoms with E-state index in [1.54, 1.807) is 23.1 Å². The molecule has 25 heavy (non-hydrogen) atoms. The zero-order valence-electron chi connectivity index (χ0n) is 13.4. The van der Waals surface area contributed by atoms with Gasteiger partial charge in [-0.25, -0.2) is 4.79 Å². The lowest BCUT2D eigenvalue weighted by Crippen LogP contribution is -2.40. The van der Waals surface area contributed by atoms with Crippen molar-refractivity contribution in [2.24, 2.45) is 5.73 Å². The molecule has 1 heterocycles. The minimum Gasteiger partial charge on any atom is -0.366 e. The van der Waals surface area contributed by atoms with Crippen molar-refractivity contribution in [2.75, 3.05) is 16.8 Å². The maximum absolute atomic E-state index is 12.2. The highest BCUT2D eigenvalue weighted by Crippen LogP contribution is 2.21. The summed E-state index contributed by atoms with van der Waals surface area (Å²) >= 11 is 0. The highest BCUT2D eigenvalue weighted by atomic mass is 16.2. The zero-order valence-corrected chi connectivity index (χ0v) is 13.4. The van der Waals surface area contributed by atoms with E-state index in [0.717, 1.165) is 5.69 Å². The number of hydrogen-bond donors (Lipinski definition) is 3. The van der Waals surface area contributed by atoms with Gasteiger partial charge >= 0.3 is 6.03 Å². The fourth-order valence-electron chi connectivity index (χ4n) is 2.81. The molecule has 7 heteroatoms. The van der Waals surface area contributed by atoms with Crippen LogP contribution in [0.25, 0.3) is 0 Å². The van der Waals surface area contributed by atoms with Crippen LogP contribution in [0.15, 0.2) is 54.6 Å². The number of hydrogen-bond acceptors (Lipinski definition) is 3. The summed E-state index contributed by atoms with van der Waals surface area (Å²) in [6, 6.07) is 15.0. The number of carbonyl (C=O) groups is 3. The standard InChI is InChI=1S/C18H18N4O3/c19-17(24)14-8-4-5-9-15(14)21-18(25)20-12-10-16(23)22(11-12)13-6-2-1-3-7-13/h1-9,12H,10-11H2,(H2,19,24)(H2,20,21,25)/t12-/m0/s1. The van der Waals surface area contributed by atoms with Crippen LogP contribution in [0.3, 0.4) is 0 Å². The number of carbonyl (C=O) groups excluding carboxylic acids is 3. The van der Waals surface area contributed by atoms with Crippen LogP contribution in [-0.4, -0.2) is 30.4 Å². The first-order valence-corrected chi connectivity index (χ1v) is 7.86. The van der Waals surface area contributed by atoms with Crippen LogP contribution in [0.2, 0.25) is 0 Å². The molecule has 1 aliphatic heterocycles. The van der Waals surface area contributed by atoms with E-state index in [1.807, 2.05) is 30.3 Å². The molecule has 1 fully saturated rings. The lowest BCUT2D eigenvalue weighted by atomic mass is 10.1. The average Bonchev–Trinajstić information content (AvgIpc) is 2.96. The molecule has 4 amide bonds. The second-order valence-corrected chi connectivity index (χ2v) is 5.75. The second-order valence-electron chi connectivity index (χ2n) is 5.75. The summed E-state index contributed by atoms with van der Waals surface area (Å²) in [5.41, 5.74) is 6.65. The van der Waals surface area contributed by atoms with E-state index in [0.29, 0.717) is 12.2 Å². The van der Waals surface area contributed by atoms with Gasteiger partial charge in [-0.15, -0.1) is 0 Å². The van der Waals surface area contributed by atoms with Crippen molar-refractivity contribution in [3.05, 3.63) is 60.2 Å². The maximum Gasteiger partial charge on any atom is 0.319 e. The molecule has 2 aromatic carbocycles. The third-order valence-corrected chi connectivity index (χ3v) is 3.97. The van der Waals surface area contributed by atoms with Gasteiger partial charge in [-0.05, 0) is 24.3 Å². The Morgan fingerprint density at radius 3 is 2.44 bits per heavy atom. The highest BCUT2D eigenvalue weighted by Gasteiger charge is 2.31. The molecule has 0 saturated carbocycles. The second kappa shape index (κ2) is 7.04. The molecule has 0 spiro atoms. The lowest BCUT2D eigenvalue weighted by Gasteiger charge is -2.17. The molecule has 0 bridgehead atoms. The minimum atomic E-state index is -0.623. The zero-order chi connectivity index (χ0) is 17.8. The number of urea groups is 1. The summed E-state index contributed by atoms with van der Waals surface area (Å²) < 4.78 is 0. The van der Waals surface area contributed by atoms with E-state index in [4.69, 9.17) is 5.73 Å². The number of nitrogens with zero attached hydrogens (tertiary/aromatic N) is 1. The molecule has 4 N–H and O–H groups in total. The van der Waals surface area contributed by atoms with Crippen molar-refractivity contribution in [2.45, 2.75) is 12.5 Å². The maximum atomic E-state index is 12.2. The Morgan fingerprint density at radius 1 is 1.04 bits per heavy atom. The molecule has 7 nitrogen and oxygen atoms in total. The van der Waals surface area contributed by atoms with E-state index >= 15 is 0 Å². The summed E-state index contributed by atoms with van der Waals surface area (Å²) in [7, 11) is 0. The molecule has 0 unspecified atom stereocenters. The summed E-state index contributed by atoms with van der Waals surface area (Å²) in [5.74, 6) is -0.670. The SMILES string of the molecule is NC(=O)c1ccccc1NC(=O)N[C@H]1CC(=O)N(c2ccccc2)C1. The number of primary amides is 1. The van der Waals surface area contributed by atoms with Crippen LogP contribution in [0.5, 0.6) is 0 Å². The van der Waals surface area contributed by atoms with Gasteiger partial charge in [-0.3, -0.25) is 9.59 Å². The van der Waals surface area contributed by atoms with Crippen molar-refractivity contribution in [1.82, 2.24) is 5.32 Å². The van der Waals surface area contributed by atoms with Gasteiger partial charge in [0.1, 0.15) is 0 Å². The van der Waals surface area contributed by atoms with Crippen molar-refractivity contribution < 1.29 is 14.4 Å². The van der Waals surface area contributed by atoms with Gasteiger partial charge in [-0.2, -0.15) is 0 Å². The van der Waals surface area contributed by atoms with Crippen molar-refractivity contribution in [3.63, 3.8) is 0 Å². The Morgan fingerprint density at radius 2 is 1.72 bits per heavy atom. The summed E-state index contributed by atoms with van der Waals surface area (Å²) in [5, 5.41) is 5.37. The molecule has 1 aliphatic rings. The fourth-order valence-corrected chi connectivity index (χ4v) is 2.81. The first kappa shape index (κ1) is 16.5. The number of rotatable bonds is 4. The Kier molecular flexibility index (Phi) is 4.65. The van der Waals surface area contributed by atoms with Crippen LogP contribution < -0.4 is 21.3 Å². The fraction of sp³-hybridized carbons (Fsp3) is 0.167. The molecular weight excluding hydrogens is 320 g/mol. The number of para-hydroxylation sites is 2. The first-order valence-electron chi connectivity index (χ1n) is 7.86. The highest BCUT2D eigenvalue weighted by molar-refractivity contribution is 6.03. The smallest absolute Gasteiger partial charge is 0.319 e. The quantitative estimate of drug-likeness (QED) is 0.790. The average molecular weight is 338 g/mol. The lowest BCUT2D eigenvalue weighted by molar-refractivity contribution is -0.117. The van der Waals surface area contributed by atoms with E-state index in [-0.39, 0.29) is 23.9 Å². The van der Waals surface area contributed by atoms with E-state index in [1.165, 1.54) is 6.07 Å². The van der Waals surface area contributed by atoms with Gasteiger partial charge < -0.3 is 21.3 Å². The Labute approximate surface area is 144 Å². The molecule has 0 radical (unpaired) electrons. The van der Waals surface area contributed by atoms with Crippen LogP contribution in [0, 0.1) is 0 Å². The predicted octanol–water partition coefficient (Wildman–Crippen LogP) is 1.71. The molecule has 2 aromatic rings. The van der Waals surface area contributed by atoms with Gasteiger partial charge in [0.25, 0.3) is 5.91 Å². The van der Waals surface area contributed by atoms with Crippen LogP contribution in [-0.2, 0) is 4.79 Å². The number of nitrogens with one attached hydrogen (secondary N) is 2. The Balaban J connectivity index is 1.63. The largest absolute Gasteiger partial charge is 0.366 e. The Hall–Kier alpha value is -3.35. The molecule has 0 aromatic heterocycles. The third-order valence-electron chi connectivity index (χ3n) is 3.97. The molecule has 1 atom stereocenters. The van der Waals surface area contributed by atoms with Gasteiger partial charge in [0.2, 0.25) is 5.91 Å². The number of nitrogens with two attached hydrogens (primary N) is 1. The molecule has 0 aliphatic carbocycles. The number of amides is 4. The van der Waals surface area contributed by atoms with Crippen LogP contribution in [0.1, 0.15) is 16.8 Å². The van der Waals surface area contributed by atoms with E-state index in [2.05, 4.69) is 10.6 Å². The number of anilines is 2. The van der Waals surface area contributed by atoms with Crippen molar-refractivity contribution in [3.8, 4) is 0 Å². The Bertz CT molecular complexity index is 807.